The van der Waals surface area contributed by atoms with E-state index >= 15 is 0 Å². The monoisotopic (exact) mass is 337 g/mol. The molecule has 1 aliphatic heterocycles. The second-order valence-electron chi connectivity index (χ2n) is 7.15. The summed E-state index contributed by atoms with van der Waals surface area (Å²) in [6.07, 6.45) is 1.63. The molecule has 0 bridgehead atoms. The summed E-state index contributed by atoms with van der Waals surface area (Å²) in [6, 6.07) is 8.47. The van der Waals surface area contributed by atoms with Crippen molar-refractivity contribution in [3.63, 3.8) is 0 Å². The number of aliphatic hydroxyl groups excluding tert-OH is 1. The first-order chi connectivity index (χ1) is 11.3. The normalized spacial score (nSPS) is 20.1. The second kappa shape index (κ2) is 7.75. The van der Waals surface area contributed by atoms with Gasteiger partial charge in [0, 0.05) is 12.6 Å². The third-order valence-electron chi connectivity index (χ3n) is 4.94. The summed E-state index contributed by atoms with van der Waals surface area (Å²) in [5.41, 5.74) is 5.14. The Kier molecular flexibility index (Phi) is 6.16. The lowest BCUT2D eigenvalue weighted by Gasteiger charge is -2.38. The summed E-state index contributed by atoms with van der Waals surface area (Å²) in [4.78, 5) is 1.80. The van der Waals surface area contributed by atoms with Crippen LogP contribution < -0.4 is 0 Å². The van der Waals surface area contributed by atoms with E-state index in [9.17, 15) is 8.78 Å². The van der Waals surface area contributed by atoms with Gasteiger partial charge in [0.1, 0.15) is 6.61 Å². The van der Waals surface area contributed by atoms with Crippen molar-refractivity contribution in [1.29, 1.82) is 0 Å². The van der Waals surface area contributed by atoms with E-state index in [0.29, 0.717) is 12.5 Å². The van der Waals surface area contributed by atoms with Crippen LogP contribution in [0.4, 0.5) is 8.78 Å². The van der Waals surface area contributed by atoms with Crippen LogP contribution in [0.15, 0.2) is 29.8 Å². The molecule has 0 aliphatic carbocycles. The predicted octanol–water partition coefficient (Wildman–Crippen LogP) is 4.70. The first kappa shape index (κ1) is 19.1. The molecule has 1 unspecified atom stereocenters. The molecule has 0 spiro atoms. The van der Waals surface area contributed by atoms with Crippen molar-refractivity contribution in [3.8, 4) is 0 Å². The van der Waals surface area contributed by atoms with Crippen molar-refractivity contribution in [1.82, 2.24) is 4.90 Å². The van der Waals surface area contributed by atoms with Gasteiger partial charge in [-0.3, -0.25) is 4.90 Å². The van der Waals surface area contributed by atoms with Crippen LogP contribution in [-0.4, -0.2) is 41.7 Å². The molecular weight excluding hydrogens is 308 g/mol. The van der Waals surface area contributed by atoms with Gasteiger partial charge in [-0.15, -0.1) is 0 Å². The number of nitrogens with zero attached hydrogens (tertiary/aromatic N) is 1. The summed E-state index contributed by atoms with van der Waals surface area (Å²) < 4.78 is 27.2. The third-order valence-corrected chi connectivity index (χ3v) is 4.94. The van der Waals surface area contributed by atoms with Crippen molar-refractivity contribution in [2.75, 3.05) is 19.7 Å². The molecule has 1 aromatic rings. The van der Waals surface area contributed by atoms with Gasteiger partial charge in [0.15, 0.2) is 0 Å². The van der Waals surface area contributed by atoms with Crippen molar-refractivity contribution in [2.45, 2.75) is 58.4 Å². The lowest BCUT2D eigenvalue weighted by Crippen LogP contribution is -2.46. The predicted molar refractivity (Wildman–Crippen MR) is 95.4 cm³/mol. The molecule has 1 atom stereocenters. The van der Waals surface area contributed by atoms with Gasteiger partial charge in [-0.05, 0) is 42.4 Å². The maximum Gasteiger partial charge on any atom is 0.283 e. The van der Waals surface area contributed by atoms with E-state index in [1.54, 1.807) is 4.90 Å². The quantitative estimate of drug-likeness (QED) is 0.813. The Hall–Kier alpha value is -1.26. The zero-order valence-electron chi connectivity index (χ0n) is 15.1. The SMILES string of the molecule is CCC1=C(c2ccccc2C(C)C)CC(C)N(CC(F)(F)CO)C1. The maximum absolute atomic E-state index is 13.6. The van der Waals surface area contributed by atoms with Gasteiger partial charge in [0.2, 0.25) is 0 Å². The zero-order valence-corrected chi connectivity index (χ0v) is 15.1. The van der Waals surface area contributed by atoms with E-state index in [-0.39, 0.29) is 12.6 Å². The molecular formula is C20H29F2NO. The van der Waals surface area contributed by atoms with Crippen molar-refractivity contribution in [3.05, 3.63) is 41.0 Å². The maximum atomic E-state index is 13.6. The van der Waals surface area contributed by atoms with Gasteiger partial charge in [-0.2, -0.15) is 0 Å². The Morgan fingerprint density at radius 1 is 1.29 bits per heavy atom. The smallest absolute Gasteiger partial charge is 0.283 e. The van der Waals surface area contributed by atoms with Crippen molar-refractivity contribution < 1.29 is 13.9 Å². The van der Waals surface area contributed by atoms with Crippen molar-refractivity contribution >= 4 is 5.57 Å². The molecule has 2 nitrogen and oxygen atoms in total. The van der Waals surface area contributed by atoms with E-state index in [0.717, 1.165) is 12.8 Å². The summed E-state index contributed by atoms with van der Waals surface area (Å²) in [7, 11) is 0. The molecule has 1 N–H and O–H groups in total. The number of rotatable bonds is 6. The number of aliphatic hydroxyl groups is 1. The van der Waals surface area contributed by atoms with Crippen LogP contribution in [0, 0.1) is 0 Å². The highest BCUT2D eigenvalue weighted by Crippen LogP contribution is 2.36. The van der Waals surface area contributed by atoms with Gasteiger partial charge < -0.3 is 5.11 Å². The molecule has 2 rings (SSSR count). The van der Waals surface area contributed by atoms with Gasteiger partial charge in [0.25, 0.3) is 5.92 Å². The topological polar surface area (TPSA) is 23.5 Å². The fourth-order valence-corrected chi connectivity index (χ4v) is 3.53. The van der Waals surface area contributed by atoms with Crippen LogP contribution >= 0.6 is 0 Å². The van der Waals surface area contributed by atoms with E-state index < -0.39 is 12.5 Å². The average Bonchev–Trinajstić information content (AvgIpc) is 2.56. The fraction of sp³-hybridized carbons (Fsp3) is 0.600. The summed E-state index contributed by atoms with van der Waals surface area (Å²) >= 11 is 0. The number of hydrogen-bond donors (Lipinski definition) is 1. The first-order valence-corrected chi connectivity index (χ1v) is 8.82. The minimum atomic E-state index is -3.04. The summed E-state index contributed by atoms with van der Waals surface area (Å²) in [6.45, 7) is 7.53. The minimum Gasteiger partial charge on any atom is -0.390 e. The Labute approximate surface area is 144 Å². The molecule has 4 heteroatoms. The number of hydrogen-bond acceptors (Lipinski definition) is 2. The molecule has 0 saturated carbocycles. The highest BCUT2D eigenvalue weighted by molar-refractivity contribution is 5.73. The van der Waals surface area contributed by atoms with E-state index in [1.165, 1.54) is 22.3 Å². The molecule has 0 aromatic heterocycles. The zero-order chi connectivity index (χ0) is 17.9. The summed E-state index contributed by atoms with van der Waals surface area (Å²) in [5.74, 6) is -2.61. The van der Waals surface area contributed by atoms with Crippen LogP contribution in [0.5, 0.6) is 0 Å². The fourth-order valence-electron chi connectivity index (χ4n) is 3.53. The molecule has 24 heavy (non-hydrogen) atoms. The highest BCUT2D eigenvalue weighted by Gasteiger charge is 2.35. The van der Waals surface area contributed by atoms with E-state index in [2.05, 4.69) is 45.0 Å². The van der Waals surface area contributed by atoms with E-state index in [4.69, 9.17) is 5.11 Å². The van der Waals surface area contributed by atoms with Gasteiger partial charge in [-0.25, -0.2) is 8.78 Å². The van der Waals surface area contributed by atoms with Crippen LogP contribution in [0.25, 0.3) is 5.57 Å². The number of alkyl halides is 2. The second-order valence-corrected chi connectivity index (χ2v) is 7.15. The molecule has 0 saturated heterocycles. The largest absolute Gasteiger partial charge is 0.390 e. The minimum absolute atomic E-state index is 0.0351. The Morgan fingerprint density at radius 3 is 2.54 bits per heavy atom. The number of halogens is 2. The van der Waals surface area contributed by atoms with Crippen molar-refractivity contribution in [2.24, 2.45) is 0 Å². The van der Waals surface area contributed by atoms with Crippen LogP contribution in [0.2, 0.25) is 0 Å². The molecule has 1 aliphatic rings. The molecule has 0 amide bonds. The Morgan fingerprint density at radius 2 is 1.96 bits per heavy atom. The first-order valence-electron chi connectivity index (χ1n) is 8.82. The highest BCUT2D eigenvalue weighted by atomic mass is 19.3. The standard InChI is InChI=1S/C20H29F2NO/c1-5-16-11-23(12-20(21,22)13-24)15(4)10-19(16)18-9-7-6-8-17(18)14(2)3/h6-9,14-15,24H,5,10-13H2,1-4H3. The summed E-state index contributed by atoms with van der Waals surface area (Å²) in [5, 5.41) is 8.87. The molecule has 1 aromatic carbocycles. The van der Waals surface area contributed by atoms with Gasteiger partial charge >= 0.3 is 0 Å². The number of benzene rings is 1. The third kappa shape index (κ3) is 4.22. The van der Waals surface area contributed by atoms with Gasteiger partial charge in [0.05, 0.1) is 6.54 Å². The molecule has 1 heterocycles. The van der Waals surface area contributed by atoms with E-state index in [1.807, 2.05) is 6.92 Å². The van der Waals surface area contributed by atoms with Gasteiger partial charge in [-0.1, -0.05) is 50.6 Å². The lowest BCUT2D eigenvalue weighted by atomic mass is 9.84. The van der Waals surface area contributed by atoms with Crippen LogP contribution in [0.1, 0.15) is 57.6 Å². The molecule has 134 valence electrons. The molecule has 0 radical (unpaired) electrons. The Balaban J connectivity index is 2.36. The molecule has 0 fully saturated rings. The van der Waals surface area contributed by atoms with Crippen LogP contribution in [-0.2, 0) is 0 Å². The lowest BCUT2D eigenvalue weighted by molar-refractivity contribution is -0.0776. The average molecular weight is 337 g/mol. The Bertz CT molecular complexity index is 595. The van der Waals surface area contributed by atoms with Crippen LogP contribution in [0.3, 0.4) is 0 Å².